The van der Waals surface area contributed by atoms with Crippen molar-refractivity contribution in [3.8, 4) is 0 Å². The van der Waals surface area contributed by atoms with Crippen molar-refractivity contribution in [3.05, 3.63) is 12.7 Å². The molecule has 6 heteroatoms. The third-order valence-electron chi connectivity index (χ3n) is 3.22. The number of aliphatic hydroxyl groups excluding tert-OH is 4. The van der Waals surface area contributed by atoms with Gasteiger partial charge in [-0.2, -0.15) is 0 Å². The van der Waals surface area contributed by atoms with Crippen molar-refractivity contribution >= 4 is 0 Å². The van der Waals surface area contributed by atoms with Crippen LogP contribution in [0, 0.1) is 0 Å². The lowest BCUT2D eigenvalue weighted by Crippen LogP contribution is -2.59. The molecule has 18 heavy (non-hydrogen) atoms. The molecule has 6 atom stereocenters. The molecule has 0 aliphatic carbocycles. The minimum absolute atomic E-state index is 0.0699. The minimum Gasteiger partial charge on any atom is -0.394 e. The van der Waals surface area contributed by atoms with E-state index < -0.39 is 42.7 Å². The van der Waals surface area contributed by atoms with Crippen LogP contribution in [0.5, 0.6) is 0 Å². The van der Waals surface area contributed by atoms with Gasteiger partial charge in [-0.15, -0.1) is 6.58 Å². The van der Waals surface area contributed by atoms with Crippen LogP contribution in [-0.4, -0.2) is 68.3 Å². The molecule has 0 saturated carbocycles. The van der Waals surface area contributed by atoms with E-state index in [0.29, 0.717) is 6.42 Å². The Balaban J connectivity index is 2.73. The van der Waals surface area contributed by atoms with E-state index in [-0.39, 0.29) is 6.42 Å². The molecule has 5 N–H and O–H groups in total. The van der Waals surface area contributed by atoms with Crippen molar-refractivity contribution in [1.82, 2.24) is 0 Å². The lowest BCUT2D eigenvalue weighted by atomic mass is 9.87. The zero-order valence-electron chi connectivity index (χ0n) is 10.4. The Morgan fingerprint density at radius 3 is 2.22 bits per heavy atom. The molecule has 0 spiro atoms. The highest BCUT2D eigenvalue weighted by atomic mass is 16.5. The van der Waals surface area contributed by atoms with Gasteiger partial charge in [-0.3, -0.25) is 0 Å². The first-order valence-corrected chi connectivity index (χ1v) is 5.96. The van der Waals surface area contributed by atoms with Crippen molar-refractivity contribution < 1.29 is 30.3 Å². The van der Waals surface area contributed by atoms with Gasteiger partial charge in [0.25, 0.3) is 0 Å². The van der Waals surface area contributed by atoms with E-state index in [0.717, 1.165) is 0 Å². The largest absolute Gasteiger partial charge is 0.394 e. The van der Waals surface area contributed by atoms with Crippen molar-refractivity contribution in [3.63, 3.8) is 0 Å². The molecule has 6 nitrogen and oxygen atoms in total. The average molecular weight is 262 g/mol. The highest BCUT2D eigenvalue weighted by molar-refractivity contribution is 4.95. The van der Waals surface area contributed by atoms with E-state index in [2.05, 4.69) is 6.58 Å². The number of aliphatic hydroxyl groups is 5. The summed E-state index contributed by atoms with van der Waals surface area (Å²) >= 11 is 0. The molecular formula is C12H22O6. The Kier molecular flexibility index (Phi) is 5.27. The van der Waals surface area contributed by atoms with Crippen LogP contribution in [0.1, 0.15) is 19.8 Å². The molecular weight excluding hydrogens is 240 g/mol. The van der Waals surface area contributed by atoms with Crippen LogP contribution in [0.25, 0.3) is 0 Å². The van der Waals surface area contributed by atoms with Crippen LogP contribution in [-0.2, 0) is 4.74 Å². The Labute approximate surface area is 106 Å². The summed E-state index contributed by atoms with van der Waals surface area (Å²) in [5, 5.41) is 48.1. The van der Waals surface area contributed by atoms with Gasteiger partial charge in [-0.25, -0.2) is 0 Å². The van der Waals surface area contributed by atoms with Gasteiger partial charge in [0.1, 0.15) is 24.4 Å². The van der Waals surface area contributed by atoms with Gasteiger partial charge >= 0.3 is 0 Å². The number of ether oxygens (including phenoxy) is 1. The molecule has 1 aliphatic heterocycles. The van der Waals surface area contributed by atoms with Gasteiger partial charge in [0.2, 0.25) is 0 Å². The summed E-state index contributed by atoms with van der Waals surface area (Å²) in [6.45, 7) is 4.62. The van der Waals surface area contributed by atoms with Gasteiger partial charge < -0.3 is 30.3 Å². The number of hydrogen-bond acceptors (Lipinski definition) is 6. The Morgan fingerprint density at radius 2 is 1.72 bits per heavy atom. The fourth-order valence-corrected chi connectivity index (χ4v) is 2.17. The number of hydrogen-bond donors (Lipinski definition) is 5. The van der Waals surface area contributed by atoms with Crippen molar-refractivity contribution in [2.75, 3.05) is 6.61 Å². The molecule has 0 amide bonds. The molecule has 3 unspecified atom stereocenters. The van der Waals surface area contributed by atoms with Crippen LogP contribution in [0.4, 0.5) is 0 Å². The molecule has 0 aromatic carbocycles. The normalized spacial score (nSPS) is 40.2. The molecule has 1 saturated heterocycles. The Hall–Kier alpha value is -0.500. The second-order valence-electron chi connectivity index (χ2n) is 5.06. The monoisotopic (exact) mass is 262 g/mol. The Bertz CT molecular complexity index is 278. The van der Waals surface area contributed by atoms with Gasteiger partial charge in [0.15, 0.2) is 0 Å². The van der Waals surface area contributed by atoms with E-state index in [4.69, 9.17) is 9.84 Å². The third kappa shape index (κ3) is 3.50. The first-order chi connectivity index (χ1) is 8.32. The summed E-state index contributed by atoms with van der Waals surface area (Å²) in [6.07, 6.45) is -3.94. The Morgan fingerprint density at radius 1 is 1.17 bits per heavy atom. The third-order valence-corrected chi connectivity index (χ3v) is 3.22. The molecule has 1 fully saturated rings. The van der Waals surface area contributed by atoms with Crippen LogP contribution < -0.4 is 0 Å². The molecule has 106 valence electrons. The highest BCUT2D eigenvalue weighted by Gasteiger charge is 2.45. The fraction of sp³-hybridized carbons (Fsp3) is 0.833. The van der Waals surface area contributed by atoms with E-state index in [1.54, 1.807) is 13.0 Å². The maximum atomic E-state index is 10.0. The maximum Gasteiger partial charge on any atom is 0.111 e. The van der Waals surface area contributed by atoms with E-state index >= 15 is 0 Å². The topological polar surface area (TPSA) is 110 Å². The zero-order chi connectivity index (χ0) is 13.9. The van der Waals surface area contributed by atoms with Gasteiger partial charge in [0.05, 0.1) is 18.3 Å². The smallest absolute Gasteiger partial charge is 0.111 e. The first kappa shape index (κ1) is 15.6. The minimum atomic E-state index is -1.40. The lowest BCUT2D eigenvalue weighted by molar-refractivity contribution is -0.238. The van der Waals surface area contributed by atoms with Gasteiger partial charge in [0, 0.05) is 6.42 Å². The van der Waals surface area contributed by atoms with E-state index in [9.17, 15) is 20.4 Å². The molecule has 0 bridgehead atoms. The quantitative estimate of drug-likeness (QED) is 0.388. The van der Waals surface area contributed by atoms with Crippen LogP contribution in [0.3, 0.4) is 0 Å². The summed E-state index contributed by atoms with van der Waals surface area (Å²) in [5.41, 5.74) is -1.13. The van der Waals surface area contributed by atoms with Crippen molar-refractivity contribution in [2.24, 2.45) is 0 Å². The molecule has 1 rings (SSSR count). The summed E-state index contributed by atoms with van der Waals surface area (Å²) in [4.78, 5) is 0. The molecule has 0 aromatic heterocycles. The predicted octanol–water partition coefficient (Wildman–Crippen LogP) is -1.45. The summed E-state index contributed by atoms with van der Waals surface area (Å²) in [6, 6.07) is 0. The van der Waals surface area contributed by atoms with Crippen molar-refractivity contribution in [1.29, 1.82) is 0 Å². The summed E-state index contributed by atoms with van der Waals surface area (Å²) in [5.74, 6) is 0. The van der Waals surface area contributed by atoms with Crippen molar-refractivity contribution in [2.45, 2.75) is 55.9 Å². The van der Waals surface area contributed by atoms with E-state index in [1.165, 1.54) is 0 Å². The van der Waals surface area contributed by atoms with Gasteiger partial charge in [-0.05, 0) is 13.3 Å². The van der Waals surface area contributed by atoms with Gasteiger partial charge in [-0.1, -0.05) is 6.08 Å². The van der Waals surface area contributed by atoms with Crippen LogP contribution >= 0.6 is 0 Å². The summed E-state index contributed by atoms with van der Waals surface area (Å²) in [7, 11) is 0. The second-order valence-corrected chi connectivity index (χ2v) is 5.06. The summed E-state index contributed by atoms with van der Waals surface area (Å²) < 4.78 is 5.31. The fourth-order valence-electron chi connectivity index (χ4n) is 2.17. The molecule has 1 aliphatic rings. The van der Waals surface area contributed by atoms with Crippen LogP contribution in [0.2, 0.25) is 0 Å². The molecule has 0 radical (unpaired) electrons. The predicted molar refractivity (Wildman–Crippen MR) is 63.8 cm³/mol. The van der Waals surface area contributed by atoms with E-state index in [1.807, 2.05) is 0 Å². The second kappa shape index (κ2) is 6.10. The molecule has 0 aromatic rings. The lowest BCUT2D eigenvalue weighted by Gasteiger charge is -2.42. The highest BCUT2D eigenvalue weighted by Crippen LogP contribution is 2.28. The number of rotatable bonds is 5. The average Bonchev–Trinajstić information content (AvgIpc) is 2.29. The maximum absolute atomic E-state index is 10.0. The first-order valence-electron chi connectivity index (χ1n) is 5.96. The van der Waals surface area contributed by atoms with Crippen LogP contribution in [0.15, 0.2) is 12.7 Å². The molecule has 1 heterocycles. The zero-order valence-corrected chi connectivity index (χ0v) is 10.4. The SMILES string of the molecule is C=CCC(C)(O)C[C@@H]1OC(CO)[C@@H](O)[C@H](O)C1O. The standard InChI is InChI=1S/C12H22O6/c1-3-4-12(2,17)5-7-9(14)11(16)10(15)8(6-13)18-7/h3,7-11,13-17H,1,4-6H2,2H3/t7-,8?,9?,10+,11+,12?/m0/s1.